The van der Waals surface area contributed by atoms with Crippen LogP contribution in [0.1, 0.15) is 10.5 Å². The lowest BCUT2D eigenvalue weighted by atomic mass is 10.2. The van der Waals surface area contributed by atoms with Crippen molar-refractivity contribution in [2.24, 2.45) is 0 Å². The average molecular weight is 257 g/mol. The van der Waals surface area contributed by atoms with E-state index < -0.39 is 0 Å². The Labute approximate surface area is 111 Å². The van der Waals surface area contributed by atoms with Crippen LogP contribution in [0.5, 0.6) is 5.75 Å². The molecule has 0 spiro atoms. The number of carbonyl (C=O) groups excluding carboxylic acids is 1. The molecule has 2 aromatic rings. The maximum absolute atomic E-state index is 12.0. The van der Waals surface area contributed by atoms with E-state index >= 15 is 0 Å². The maximum Gasteiger partial charge on any atom is 0.274 e. The summed E-state index contributed by atoms with van der Waals surface area (Å²) in [7, 11) is 3.36. The molecular formula is C14H15N3O2. The summed E-state index contributed by atoms with van der Waals surface area (Å²) < 4.78 is 5.17. The molecule has 2 N–H and O–H groups in total. The van der Waals surface area contributed by atoms with E-state index in [4.69, 9.17) is 4.74 Å². The molecule has 0 saturated carbocycles. The lowest BCUT2D eigenvalue weighted by Crippen LogP contribution is -2.14. The van der Waals surface area contributed by atoms with Crippen LogP contribution in [0.25, 0.3) is 0 Å². The summed E-state index contributed by atoms with van der Waals surface area (Å²) in [4.78, 5) is 16.1. The normalized spacial score (nSPS) is 9.79. The number of aromatic nitrogens is 1. The smallest absolute Gasteiger partial charge is 0.274 e. The summed E-state index contributed by atoms with van der Waals surface area (Å²) in [5, 5.41) is 5.72. The van der Waals surface area contributed by atoms with Crippen molar-refractivity contribution >= 4 is 17.3 Å². The molecule has 2 rings (SSSR count). The summed E-state index contributed by atoms with van der Waals surface area (Å²) in [6.07, 6.45) is 1.61. The molecule has 19 heavy (non-hydrogen) atoms. The summed E-state index contributed by atoms with van der Waals surface area (Å²) in [6, 6.07) is 10.7. The van der Waals surface area contributed by atoms with Crippen LogP contribution in [0.4, 0.5) is 11.4 Å². The zero-order chi connectivity index (χ0) is 13.7. The van der Waals surface area contributed by atoms with Crippen molar-refractivity contribution in [3.8, 4) is 5.75 Å². The Morgan fingerprint density at radius 2 is 2.00 bits per heavy atom. The van der Waals surface area contributed by atoms with Crippen molar-refractivity contribution in [3.05, 3.63) is 48.3 Å². The standard InChI is InChI=1S/C14H15N3O2/c1-15-10-7-8-12(16-9-10)14(18)17-11-5-3-4-6-13(11)19-2/h3-9,15H,1-2H3,(H,17,18). The van der Waals surface area contributed by atoms with Gasteiger partial charge in [0, 0.05) is 7.05 Å². The average Bonchev–Trinajstić information content (AvgIpc) is 2.48. The minimum Gasteiger partial charge on any atom is -0.495 e. The van der Waals surface area contributed by atoms with Gasteiger partial charge in [-0.3, -0.25) is 4.79 Å². The quantitative estimate of drug-likeness (QED) is 0.882. The number of carbonyl (C=O) groups is 1. The predicted molar refractivity (Wildman–Crippen MR) is 74.7 cm³/mol. The second-order valence-corrected chi connectivity index (χ2v) is 3.84. The molecule has 1 aromatic heterocycles. The molecule has 0 atom stereocenters. The van der Waals surface area contributed by atoms with Gasteiger partial charge in [-0.2, -0.15) is 0 Å². The Morgan fingerprint density at radius 1 is 1.21 bits per heavy atom. The molecule has 0 aliphatic rings. The first-order valence-corrected chi connectivity index (χ1v) is 5.83. The summed E-state index contributed by atoms with van der Waals surface area (Å²) in [6.45, 7) is 0. The first kappa shape index (κ1) is 12.9. The van der Waals surface area contributed by atoms with Crippen LogP contribution in [-0.2, 0) is 0 Å². The zero-order valence-electron chi connectivity index (χ0n) is 10.8. The number of ether oxygens (including phenoxy) is 1. The van der Waals surface area contributed by atoms with E-state index in [0.29, 0.717) is 17.1 Å². The summed E-state index contributed by atoms with van der Waals surface area (Å²) in [5.41, 5.74) is 1.83. The monoisotopic (exact) mass is 257 g/mol. The fourth-order valence-electron chi connectivity index (χ4n) is 1.61. The number of pyridine rings is 1. The number of methoxy groups -OCH3 is 1. The highest BCUT2D eigenvalue weighted by molar-refractivity contribution is 6.03. The fourth-order valence-corrected chi connectivity index (χ4v) is 1.61. The van der Waals surface area contributed by atoms with Gasteiger partial charge >= 0.3 is 0 Å². The van der Waals surface area contributed by atoms with Gasteiger partial charge in [-0.05, 0) is 24.3 Å². The van der Waals surface area contributed by atoms with Gasteiger partial charge in [0.05, 0.1) is 24.7 Å². The minimum absolute atomic E-state index is 0.271. The molecule has 0 radical (unpaired) electrons. The maximum atomic E-state index is 12.0. The molecule has 0 aliphatic heterocycles. The van der Waals surface area contributed by atoms with Crippen molar-refractivity contribution in [2.45, 2.75) is 0 Å². The van der Waals surface area contributed by atoms with Crippen molar-refractivity contribution in [2.75, 3.05) is 24.8 Å². The Morgan fingerprint density at radius 3 is 2.63 bits per heavy atom. The second-order valence-electron chi connectivity index (χ2n) is 3.84. The third-order valence-electron chi connectivity index (χ3n) is 2.64. The van der Waals surface area contributed by atoms with Gasteiger partial charge in [-0.25, -0.2) is 4.98 Å². The Kier molecular flexibility index (Phi) is 3.97. The molecular weight excluding hydrogens is 242 g/mol. The summed E-state index contributed by atoms with van der Waals surface area (Å²) >= 11 is 0. The number of rotatable bonds is 4. The molecule has 98 valence electrons. The highest BCUT2D eigenvalue weighted by Crippen LogP contribution is 2.23. The third-order valence-corrected chi connectivity index (χ3v) is 2.64. The van der Waals surface area contributed by atoms with Crippen molar-refractivity contribution in [1.82, 2.24) is 4.98 Å². The third kappa shape index (κ3) is 3.01. The van der Waals surface area contributed by atoms with Crippen LogP contribution in [-0.4, -0.2) is 25.0 Å². The van der Waals surface area contributed by atoms with Gasteiger partial charge in [0.15, 0.2) is 0 Å². The number of anilines is 2. The first-order chi connectivity index (χ1) is 9.24. The van der Waals surface area contributed by atoms with Crippen molar-refractivity contribution in [1.29, 1.82) is 0 Å². The molecule has 5 nitrogen and oxygen atoms in total. The molecule has 0 unspecified atom stereocenters. The van der Waals surface area contributed by atoms with Gasteiger partial charge in [0.1, 0.15) is 11.4 Å². The van der Waals surface area contributed by atoms with Crippen LogP contribution < -0.4 is 15.4 Å². The van der Waals surface area contributed by atoms with Gasteiger partial charge in [0.2, 0.25) is 0 Å². The second kappa shape index (κ2) is 5.86. The number of nitrogens with one attached hydrogen (secondary N) is 2. The van der Waals surface area contributed by atoms with Crippen LogP contribution in [0.15, 0.2) is 42.6 Å². The first-order valence-electron chi connectivity index (χ1n) is 5.83. The van der Waals surface area contributed by atoms with Crippen LogP contribution in [0.2, 0.25) is 0 Å². The van der Waals surface area contributed by atoms with Gasteiger partial charge in [0.25, 0.3) is 5.91 Å². The van der Waals surface area contributed by atoms with Crippen molar-refractivity contribution in [3.63, 3.8) is 0 Å². The Balaban J connectivity index is 2.16. The number of para-hydroxylation sites is 2. The molecule has 0 aliphatic carbocycles. The van der Waals surface area contributed by atoms with Crippen molar-refractivity contribution < 1.29 is 9.53 Å². The SMILES string of the molecule is CNc1ccc(C(=O)Nc2ccccc2OC)nc1. The van der Waals surface area contributed by atoms with E-state index in [-0.39, 0.29) is 5.91 Å². The predicted octanol–water partition coefficient (Wildman–Crippen LogP) is 2.38. The van der Waals surface area contributed by atoms with Gasteiger partial charge < -0.3 is 15.4 Å². The minimum atomic E-state index is -0.271. The highest BCUT2D eigenvalue weighted by atomic mass is 16.5. The molecule has 0 bridgehead atoms. The highest BCUT2D eigenvalue weighted by Gasteiger charge is 2.10. The largest absolute Gasteiger partial charge is 0.495 e. The van der Waals surface area contributed by atoms with Crippen LogP contribution >= 0.6 is 0 Å². The Bertz CT molecular complexity index is 567. The molecule has 1 aromatic carbocycles. The number of hydrogen-bond acceptors (Lipinski definition) is 4. The van der Waals surface area contributed by atoms with Crippen LogP contribution in [0, 0.1) is 0 Å². The molecule has 1 heterocycles. The molecule has 0 saturated heterocycles. The van der Waals surface area contributed by atoms with Crippen LogP contribution in [0.3, 0.4) is 0 Å². The van der Waals surface area contributed by atoms with E-state index in [1.165, 1.54) is 0 Å². The molecule has 5 heteroatoms. The topological polar surface area (TPSA) is 63.2 Å². The number of nitrogens with zero attached hydrogens (tertiary/aromatic N) is 1. The Hall–Kier alpha value is -2.56. The summed E-state index contributed by atoms with van der Waals surface area (Å²) in [5.74, 6) is 0.342. The van der Waals surface area contributed by atoms with Gasteiger partial charge in [-0.15, -0.1) is 0 Å². The number of hydrogen-bond donors (Lipinski definition) is 2. The number of amides is 1. The number of benzene rings is 1. The molecule has 0 fully saturated rings. The lowest BCUT2D eigenvalue weighted by Gasteiger charge is -2.09. The van der Waals surface area contributed by atoms with E-state index in [0.717, 1.165) is 5.69 Å². The van der Waals surface area contributed by atoms with E-state index in [1.807, 2.05) is 12.1 Å². The molecule has 1 amide bonds. The van der Waals surface area contributed by atoms with Gasteiger partial charge in [-0.1, -0.05) is 12.1 Å². The van der Waals surface area contributed by atoms with E-state index in [9.17, 15) is 4.79 Å². The lowest BCUT2D eigenvalue weighted by molar-refractivity contribution is 0.102. The van der Waals surface area contributed by atoms with E-state index in [1.54, 1.807) is 44.6 Å². The van der Waals surface area contributed by atoms with E-state index in [2.05, 4.69) is 15.6 Å². The zero-order valence-corrected chi connectivity index (χ0v) is 10.8. The fraction of sp³-hybridized carbons (Fsp3) is 0.143.